The number of anilines is 1. The van der Waals surface area contributed by atoms with Gasteiger partial charge in [0.1, 0.15) is 0 Å². The normalized spacial score (nSPS) is 20.4. The molecule has 1 heterocycles. The summed E-state index contributed by atoms with van der Waals surface area (Å²) in [7, 11) is 0. The molecule has 4 N–H and O–H groups in total. The van der Waals surface area contributed by atoms with E-state index in [0.29, 0.717) is 13.0 Å². The van der Waals surface area contributed by atoms with Crippen LogP contribution in [-0.2, 0) is 16.1 Å². The number of guanidine groups is 1. The Hall–Kier alpha value is -2.57. The molecule has 7 nitrogen and oxygen atoms in total. The van der Waals surface area contributed by atoms with E-state index >= 15 is 0 Å². The number of hydrogen-bond acceptors (Lipinski definition) is 3. The van der Waals surface area contributed by atoms with Gasteiger partial charge in [0, 0.05) is 37.7 Å². The van der Waals surface area contributed by atoms with Crippen molar-refractivity contribution in [3.05, 3.63) is 29.8 Å². The predicted molar refractivity (Wildman–Crippen MR) is 125 cm³/mol. The summed E-state index contributed by atoms with van der Waals surface area (Å²) >= 11 is 0. The van der Waals surface area contributed by atoms with Gasteiger partial charge in [-0.05, 0) is 56.2 Å². The number of carbonyl (C=O) groups excluding carboxylic acids is 2. The molecule has 2 aliphatic rings. The molecule has 1 aliphatic heterocycles. The largest absolute Gasteiger partial charge is 0.370 e. The van der Waals surface area contributed by atoms with Crippen molar-refractivity contribution >= 4 is 23.5 Å². The van der Waals surface area contributed by atoms with E-state index in [2.05, 4.69) is 22.5 Å². The van der Waals surface area contributed by atoms with E-state index < -0.39 is 0 Å². The summed E-state index contributed by atoms with van der Waals surface area (Å²) in [6, 6.07) is 7.96. The Morgan fingerprint density at radius 1 is 1.16 bits per heavy atom. The SMILES string of the molecule is CCNC(=NCc1cccc(NC(=O)C2CCCCC2)c1)N1CCCC(CC(N)=O)C1. The van der Waals surface area contributed by atoms with Crippen molar-refractivity contribution in [1.82, 2.24) is 10.2 Å². The number of hydrogen-bond donors (Lipinski definition) is 3. The molecule has 1 atom stereocenters. The zero-order valence-corrected chi connectivity index (χ0v) is 18.7. The second kappa shape index (κ2) is 11.7. The summed E-state index contributed by atoms with van der Waals surface area (Å²) < 4.78 is 0. The highest BCUT2D eigenvalue weighted by Crippen LogP contribution is 2.25. The molecule has 1 aromatic rings. The number of nitrogens with one attached hydrogen (secondary N) is 2. The third-order valence-electron chi connectivity index (χ3n) is 6.23. The zero-order valence-electron chi connectivity index (χ0n) is 18.7. The van der Waals surface area contributed by atoms with Crippen LogP contribution >= 0.6 is 0 Å². The summed E-state index contributed by atoms with van der Waals surface area (Å²) in [6.45, 7) is 5.10. The van der Waals surface area contributed by atoms with Gasteiger partial charge in [-0.15, -0.1) is 0 Å². The number of likely N-dealkylation sites (tertiary alicyclic amines) is 1. The second-order valence-electron chi connectivity index (χ2n) is 8.82. The topological polar surface area (TPSA) is 99.8 Å². The summed E-state index contributed by atoms with van der Waals surface area (Å²) in [5.41, 5.74) is 7.30. The molecule has 1 saturated carbocycles. The third-order valence-corrected chi connectivity index (χ3v) is 6.23. The van der Waals surface area contributed by atoms with E-state index in [1.54, 1.807) is 0 Å². The van der Waals surface area contributed by atoms with Crippen LogP contribution < -0.4 is 16.4 Å². The van der Waals surface area contributed by atoms with Gasteiger partial charge in [-0.3, -0.25) is 9.59 Å². The average Bonchev–Trinajstić information content (AvgIpc) is 2.77. The number of piperidine rings is 1. The molecule has 0 spiro atoms. The van der Waals surface area contributed by atoms with Gasteiger partial charge in [-0.2, -0.15) is 0 Å². The van der Waals surface area contributed by atoms with Crippen molar-refractivity contribution in [3.8, 4) is 0 Å². The van der Waals surface area contributed by atoms with Gasteiger partial charge in [0.2, 0.25) is 11.8 Å². The number of aliphatic imine (C=N–C) groups is 1. The number of carbonyl (C=O) groups is 2. The van der Waals surface area contributed by atoms with Crippen molar-refractivity contribution in [2.24, 2.45) is 22.6 Å². The Labute approximate surface area is 185 Å². The number of primary amides is 1. The summed E-state index contributed by atoms with van der Waals surface area (Å²) in [6.07, 6.45) is 8.02. The van der Waals surface area contributed by atoms with Crippen molar-refractivity contribution in [1.29, 1.82) is 0 Å². The minimum Gasteiger partial charge on any atom is -0.370 e. The van der Waals surface area contributed by atoms with Gasteiger partial charge in [-0.25, -0.2) is 4.99 Å². The average molecular weight is 428 g/mol. The lowest BCUT2D eigenvalue weighted by Crippen LogP contribution is -2.47. The maximum Gasteiger partial charge on any atom is 0.227 e. The highest BCUT2D eigenvalue weighted by Gasteiger charge is 2.24. The zero-order chi connectivity index (χ0) is 22.1. The molecular weight excluding hydrogens is 390 g/mol. The molecular formula is C24H37N5O2. The Balaban J connectivity index is 1.62. The van der Waals surface area contributed by atoms with Crippen molar-refractivity contribution < 1.29 is 9.59 Å². The van der Waals surface area contributed by atoms with Gasteiger partial charge in [0.05, 0.1) is 6.54 Å². The lowest BCUT2D eigenvalue weighted by Gasteiger charge is -2.34. The monoisotopic (exact) mass is 427 g/mol. The molecule has 1 aliphatic carbocycles. The maximum atomic E-state index is 12.6. The van der Waals surface area contributed by atoms with Gasteiger partial charge < -0.3 is 21.3 Å². The van der Waals surface area contributed by atoms with Crippen LogP contribution in [0.4, 0.5) is 5.69 Å². The molecule has 2 amide bonds. The van der Waals surface area contributed by atoms with E-state index in [1.807, 2.05) is 24.3 Å². The first-order chi connectivity index (χ1) is 15.0. The molecule has 3 rings (SSSR count). The van der Waals surface area contributed by atoms with Crippen LogP contribution in [0.1, 0.15) is 63.9 Å². The molecule has 1 saturated heterocycles. The molecule has 31 heavy (non-hydrogen) atoms. The Morgan fingerprint density at radius 3 is 2.71 bits per heavy atom. The van der Waals surface area contributed by atoms with Gasteiger partial charge in [0.15, 0.2) is 5.96 Å². The fourth-order valence-electron chi connectivity index (χ4n) is 4.66. The van der Waals surface area contributed by atoms with Crippen molar-refractivity contribution in [2.45, 2.75) is 64.8 Å². The van der Waals surface area contributed by atoms with E-state index in [9.17, 15) is 9.59 Å². The highest BCUT2D eigenvalue weighted by molar-refractivity contribution is 5.92. The molecule has 7 heteroatoms. The maximum absolute atomic E-state index is 12.6. The van der Waals surface area contributed by atoms with Crippen LogP contribution in [-0.4, -0.2) is 42.3 Å². The third kappa shape index (κ3) is 7.26. The number of benzene rings is 1. The fraction of sp³-hybridized carbons (Fsp3) is 0.625. The number of nitrogens with two attached hydrogens (primary N) is 1. The summed E-state index contributed by atoms with van der Waals surface area (Å²) in [5, 5.41) is 6.47. The lowest BCUT2D eigenvalue weighted by atomic mass is 9.88. The van der Waals surface area contributed by atoms with Gasteiger partial charge in [-0.1, -0.05) is 31.4 Å². The van der Waals surface area contributed by atoms with Crippen molar-refractivity contribution in [2.75, 3.05) is 25.0 Å². The quantitative estimate of drug-likeness (QED) is 0.459. The number of rotatable bonds is 7. The van der Waals surface area contributed by atoms with E-state index in [0.717, 1.165) is 75.4 Å². The summed E-state index contributed by atoms with van der Waals surface area (Å²) in [5.74, 6) is 1.20. The molecule has 0 bridgehead atoms. The minimum atomic E-state index is -0.235. The van der Waals surface area contributed by atoms with Crippen LogP contribution in [0.15, 0.2) is 29.3 Å². The molecule has 0 radical (unpaired) electrons. The fourth-order valence-corrected chi connectivity index (χ4v) is 4.66. The first kappa shape index (κ1) is 23.1. The lowest BCUT2D eigenvalue weighted by molar-refractivity contribution is -0.121. The minimum absolute atomic E-state index is 0.141. The highest BCUT2D eigenvalue weighted by atomic mass is 16.2. The Kier molecular flexibility index (Phi) is 8.74. The van der Waals surface area contributed by atoms with Gasteiger partial charge >= 0.3 is 0 Å². The molecule has 2 fully saturated rings. The van der Waals surface area contributed by atoms with E-state index in [-0.39, 0.29) is 23.7 Å². The van der Waals surface area contributed by atoms with E-state index in [1.165, 1.54) is 6.42 Å². The summed E-state index contributed by atoms with van der Waals surface area (Å²) in [4.78, 5) is 30.9. The second-order valence-corrected chi connectivity index (χ2v) is 8.82. The van der Waals surface area contributed by atoms with Crippen LogP contribution in [0.3, 0.4) is 0 Å². The van der Waals surface area contributed by atoms with Crippen molar-refractivity contribution in [3.63, 3.8) is 0 Å². The molecule has 1 unspecified atom stereocenters. The van der Waals surface area contributed by atoms with Crippen LogP contribution in [0.25, 0.3) is 0 Å². The molecule has 170 valence electrons. The molecule has 1 aromatic carbocycles. The Bertz CT molecular complexity index is 773. The van der Waals surface area contributed by atoms with Gasteiger partial charge in [0.25, 0.3) is 0 Å². The van der Waals surface area contributed by atoms with Crippen LogP contribution in [0.2, 0.25) is 0 Å². The Morgan fingerprint density at radius 2 is 1.97 bits per heavy atom. The smallest absolute Gasteiger partial charge is 0.227 e. The van der Waals surface area contributed by atoms with Crippen LogP contribution in [0, 0.1) is 11.8 Å². The van der Waals surface area contributed by atoms with Crippen LogP contribution in [0.5, 0.6) is 0 Å². The molecule has 0 aromatic heterocycles. The predicted octanol–water partition coefficient (Wildman–Crippen LogP) is 3.26. The standard InChI is InChI=1S/C24H37N5O2/c1-2-26-24(29-13-7-9-19(17-29)15-22(25)30)27-16-18-8-6-12-21(14-18)28-23(31)20-10-4-3-5-11-20/h6,8,12,14,19-20H,2-5,7,9-11,13,15-17H2,1H3,(H2,25,30)(H,26,27)(H,28,31). The number of amides is 2. The number of nitrogens with zero attached hydrogens (tertiary/aromatic N) is 2. The first-order valence-corrected chi connectivity index (χ1v) is 11.8. The first-order valence-electron chi connectivity index (χ1n) is 11.8. The van der Waals surface area contributed by atoms with E-state index in [4.69, 9.17) is 10.7 Å².